The maximum atomic E-state index is 12.5. The first-order chi connectivity index (χ1) is 9.21. The highest BCUT2D eigenvalue weighted by atomic mass is 32.2. The van der Waals surface area contributed by atoms with E-state index in [4.69, 9.17) is 0 Å². The largest absolute Gasteiger partial charge is 0.313 e. The van der Waals surface area contributed by atoms with Gasteiger partial charge in [0.2, 0.25) is 10.0 Å². The van der Waals surface area contributed by atoms with Crippen molar-refractivity contribution in [2.45, 2.75) is 57.4 Å². The van der Waals surface area contributed by atoms with Crippen LogP contribution in [0, 0.1) is 0 Å². The highest BCUT2D eigenvalue weighted by Crippen LogP contribution is 2.21. The molecule has 1 aliphatic heterocycles. The fourth-order valence-electron chi connectivity index (χ4n) is 2.59. The maximum absolute atomic E-state index is 12.5. The van der Waals surface area contributed by atoms with Crippen LogP contribution in [0.1, 0.15) is 40.5 Å². The molecule has 1 atom stereocenters. The van der Waals surface area contributed by atoms with Gasteiger partial charge in [-0.1, -0.05) is 0 Å². The first-order valence-corrected chi connectivity index (χ1v) is 9.19. The molecular weight excluding hydrogens is 274 g/mol. The smallest absolute Gasteiger partial charge is 0.218 e. The van der Waals surface area contributed by atoms with Crippen molar-refractivity contribution in [1.82, 2.24) is 14.5 Å². The summed E-state index contributed by atoms with van der Waals surface area (Å²) < 4.78 is 26.8. The van der Waals surface area contributed by atoms with E-state index in [9.17, 15) is 8.42 Å². The SMILES string of the molecule is CC(CNC1CC1)S(=O)(=O)N1CCN(C(C)(C)C)CC1. The molecule has 1 saturated carbocycles. The minimum atomic E-state index is -3.15. The Morgan fingerprint density at radius 1 is 1.15 bits per heavy atom. The van der Waals surface area contributed by atoms with Crippen LogP contribution in [0.15, 0.2) is 0 Å². The van der Waals surface area contributed by atoms with E-state index in [1.54, 1.807) is 4.31 Å². The van der Waals surface area contributed by atoms with Crippen LogP contribution in [-0.4, -0.2) is 67.2 Å². The fourth-order valence-corrected chi connectivity index (χ4v) is 4.08. The molecule has 0 radical (unpaired) electrons. The van der Waals surface area contributed by atoms with Crippen molar-refractivity contribution in [2.75, 3.05) is 32.7 Å². The van der Waals surface area contributed by atoms with Crippen LogP contribution in [0.4, 0.5) is 0 Å². The zero-order valence-corrected chi connectivity index (χ0v) is 14.0. The predicted molar refractivity (Wildman–Crippen MR) is 82.3 cm³/mol. The zero-order valence-electron chi connectivity index (χ0n) is 13.2. The molecule has 0 spiro atoms. The summed E-state index contributed by atoms with van der Waals surface area (Å²) in [7, 11) is -3.15. The van der Waals surface area contributed by atoms with Crippen LogP contribution in [0.2, 0.25) is 0 Å². The summed E-state index contributed by atoms with van der Waals surface area (Å²) in [5.41, 5.74) is 0.120. The van der Waals surface area contributed by atoms with Crippen molar-refractivity contribution < 1.29 is 8.42 Å². The number of hydrogen-bond donors (Lipinski definition) is 1. The topological polar surface area (TPSA) is 52.7 Å². The Kier molecular flexibility index (Phi) is 4.79. The van der Waals surface area contributed by atoms with Gasteiger partial charge in [-0.05, 0) is 40.5 Å². The van der Waals surface area contributed by atoms with Gasteiger partial charge in [0.1, 0.15) is 0 Å². The third kappa shape index (κ3) is 3.93. The monoisotopic (exact) mass is 303 g/mol. The van der Waals surface area contributed by atoms with Crippen LogP contribution in [-0.2, 0) is 10.0 Å². The molecule has 1 saturated heterocycles. The lowest BCUT2D eigenvalue weighted by atomic mass is 10.1. The van der Waals surface area contributed by atoms with Crippen LogP contribution in [0.25, 0.3) is 0 Å². The van der Waals surface area contributed by atoms with E-state index in [2.05, 4.69) is 31.0 Å². The Balaban J connectivity index is 1.87. The predicted octanol–water partition coefficient (Wildman–Crippen LogP) is 0.873. The first kappa shape index (κ1) is 16.2. The Bertz CT molecular complexity index is 418. The van der Waals surface area contributed by atoms with Crippen molar-refractivity contribution in [2.24, 2.45) is 0 Å². The van der Waals surface area contributed by atoms with Gasteiger partial charge in [-0.2, -0.15) is 4.31 Å². The summed E-state index contributed by atoms with van der Waals surface area (Å²) in [4.78, 5) is 2.35. The van der Waals surface area contributed by atoms with Gasteiger partial charge in [0.25, 0.3) is 0 Å². The summed E-state index contributed by atoms with van der Waals surface area (Å²) in [5.74, 6) is 0. The summed E-state index contributed by atoms with van der Waals surface area (Å²) in [5, 5.41) is 2.99. The lowest BCUT2D eigenvalue weighted by Gasteiger charge is -2.42. The van der Waals surface area contributed by atoms with Gasteiger partial charge in [0.05, 0.1) is 5.25 Å². The number of sulfonamides is 1. The minimum Gasteiger partial charge on any atom is -0.313 e. The Morgan fingerprint density at radius 2 is 1.70 bits per heavy atom. The first-order valence-electron chi connectivity index (χ1n) is 7.68. The van der Waals surface area contributed by atoms with E-state index in [0.717, 1.165) is 13.1 Å². The molecule has 1 heterocycles. The van der Waals surface area contributed by atoms with Gasteiger partial charge in [0.15, 0.2) is 0 Å². The molecule has 0 amide bonds. The number of rotatable bonds is 5. The molecule has 20 heavy (non-hydrogen) atoms. The van der Waals surface area contributed by atoms with Gasteiger partial charge < -0.3 is 5.32 Å². The van der Waals surface area contributed by atoms with E-state index in [1.807, 2.05) is 6.92 Å². The molecule has 0 aromatic heterocycles. The second-order valence-corrected chi connectivity index (χ2v) is 9.45. The second kappa shape index (κ2) is 5.91. The minimum absolute atomic E-state index is 0.120. The molecule has 2 rings (SSSR count). The molecule has 2 aliphatic rings. The van der Waals surface area contributed by atoms with E-state index in [-0.39, 0.29) is 10.8 Å². The highest BCUT2D eigenvalue weighted by molar-refractivity contribution is 7.89. The van der Waals surface area contributed by atoms with Crippen molar-refractivity contribution in [3.8, 4) is 0 Å². The molecule has 5 nitrogen and oxygen atoms in total. The van der Waals surface area contributed by atoms with E-state index >= 15 is 0 Å². The third-order valence-corrected chi connectivity index (χ3v) is 6.60. The van der Waals surface area contributed by atoms with Crippen molar-refractivity contribution in [3.05, 3.63) is 0 Å². The Hall–Kier alpha value is -0.170. The van der Waals surface area contributed by atoms with Gasteiger partial charge in [-0.3, -0.25) is 4.90 Å². The summed E-state index contributed by atoms with van der Waals surface area (Å²) in [6, 6.07) is 0.561. The number of nitrogens with one attached hydrogen (secondary N) is 1. The summed E-state index contributed by atoms with van der Waals surface area (Å²) in [6.45, 7) is 11.8. The number of hydrogen-bond acceptors (Lipinski definition) is 4. The summed E-state index contributed by atoms with van der Waals surface area (Å²) >= 11 is 0. The Labute approximate surface area is 123 Å². The number of nitrogens with zero attached hydrogens (tertiary/aromatic N) is 2. The van der Waals surface area contributed by atoms with Crippen LogP contribution < -0.4 is 5.32 Å². The average Bonchev–Trinajstić information content (AvgIpc) is 3.19. The molecule has 1 aliphatic carbocycles. The van der Waals surface area contributed by atoms with E-state index in [1.165, 1.54) is 12.8 Å². The average molecular weight is 303 g/mol. The number of piperazine rings is 1. The lowest BCUT2D eigenvalue weighted by molar-refractivity contribution is 0.0918. The quantitative estimate of drug-likeness (QED) is 0.819. The Morgan fingerprint density at radius 3 is 2.15 bits per heavy atom. The molecule has 118 valence electrons. The van der Waals surface area contributed by atoms with E-state index in [0.29, 0.717) is 25.7 Å². The van der Waals surface area contributed by atoms with E-state index < -0.39 is 10.0 Å². The molecule has 6 heteroatoms. The van der Waals surface area contributed by atoms with Crippen LogP contribution in [0.3, 0.4) is 0 Å². The summed E-state index contributed by atoms with van der Waals surface area (Å²) in [6.07, 6.45) is 2.38. The fraction of sp³-hybridized carbons (Fsp3) is 1.00. The molecule has 1 N–H and O–H groups in total. The van der Waals surface area contributed by atoms with Gasteiger partial charge >= 0.3 is 0 Å². The highest BCUT2D eigenvalue weighted by Gasteiger charge is 2.34. The normalized spacial score (nSPS) is 24.8. The van der Waals surface area contributed by atoms with Crippen molar-refractivity contribution in [3.63, 3.8) is 0 Å². The van der Waals surface area contributed by atoms with Crippen LogP contribution >= 0.6 is 0 Å². The molecule has 0 bridgehead atoms. The van der Waals surface area contributed by atoms with Gasteiger partial charge in [-0.15, -0.1) is 0 Å². The zero-order chi connectivity index (χ0) is 15.0. The molecule has 2 fully saturated rings. The molecule has 0 aromatic carbocycles. The maximum Gasteiger partial charge on any atom is 0.218 e. The molecular formula is C14H29N3O2S. The van der Waals surface area contributed by atoms with Crippen molar-refractivity contribution in [1.29, 1.82) is 0 Å². The molecule has 0 aromatic rings. The second-order valence-electron chi connectivity index (χ2n) is 7.09. The molecule has 1 unspecified atom stereocenters. The standard InChI is InChI=1S/C14H29N3O2S/c1-12(11-15-13-5-6-13)20(18,19)17-9-7-16(8-10-17)14(2,3)4/h12-13,15H,5-11H2,1-4H3. The van der Waals surface area contributed by atoms with Gasteiger partial charge in [-0.25, -0.2) is 8.42 Å². The lowest BCUT2D eigenvalue weighted by Crippen LogP contribution is -2.56. The third-order valence-electron chi connectivity index (χ3n) is 4.33. The van der Waals surface area contributed by atoms with Crippen molar-refractivity contribution >= 4 is 10.0 Å². The van der Waals surface area contributed by atoms with Crippen LogP contribution in [0.5, 0.6) is 0 Å². The van der Waals surface area contributed by atoms with Gasteiger partial charge in [0, 0.05) is 44.3 Å².